The Morgan fingerprint density at radius 1 is 1.08 bits per heavy atom. The van der Waals surface area contributed by atoms with Crippen molar-refractivity contribution in [1.82, 2.24) is 0 Å². The van der Waals surface area contributed by atoms with Gasteiger partial charge >= 0.3 is 0 Å². The molecule has 4 nitrogen and oxygen atoms in total. The standard InChI is InChI=1S/C21H25NO3/c1-3-24-19-10-6-9-18(14-19)22-21(23)15(2)25-20-12-11-16-7-4-5-8-17(16)13-20/h6,9-15H,3-5,7-8H2,1-2H3,(H,22,23)/t15-/m0/s1. The molecule has 1 aliphatic rings. The van der Waals surface area contributed by atoms with Gasteiger partial charge in [0.1, 0.15) is 11.5 Å². The smallest absolute Gasteiger partial charge is 0.265 e. The van der Waals surface area contributed by atoms with Crippen LogP contribution in [-0.2, 0) is 17.6 Å². The van der Waals surface area contributed by atoms with Crippen molar-refractivity contribution in [2.45, 2.75) is 45.6 Å². The number of amides is 1. The van der Waals surface area contributed by atoms with Gasteiger partial charge in [-0.1, -0.05) is 12.1 Å². The van der Waals surface area contributed by atoms with Crippen LogP contribution in [0.25, 0.3) is 0 Å². The van der Waals surface area contributed by atoms with Gasteiger partial charge in [-0.15, -0.1) is 0 Å². The van der Waals surface area contributed by atoms with E-state index in [1.54, 1.807) is 6.92 Å². The maximum absolute atomic E-state index is 12.4. The average Bonchev–Trinajstić information content (AvgIpc) is 2.62. The molecule has 25 heavy (non-hydrogen) atoms. The summed E-state index contributed by atoms with van der Waals surface area (Å²) in [6.45, 7) is 4.29. The van der Waals surface area contributed by atoms with E-state index in [1.165, 1.54) is 24.0 Å². The van der Waals surface area contributed by atoms with Crippen LogP contribution in [0.2, 0.25) is 0 Å². The summed E-state index contributed by atoms with van der Waals surface area (Å²) in [5, 5.41) is 2.88. The molecule has 0 aliphatic heterocycles. The second-order valence-corrected chi connectivity index (χ2v) is 6.35. The van der Waals surface area contributed by atoms with Crippen LogP contribution in [0.15, 0.2) is 42.5 Å². The molecule has 132 valence electrons. The lowest BCUT2D eigenvalue weighted by Crippen LogP contribution is -2.30. The first-order valence-corrected chi connectivity index (χ1v) is 8.98. The number of fused-ring (bicyclic) bond motifs is 1. The van der Waals surface area contributed by atoms with Gasteiger partial charge in [-0.2, -0.15) is 0 Å². The summed E-state index contributed by atoms with van der Waals surface area (Å²) in [7, 11) is 0. The molecule has 0 saturated heterocycles. The highest BCUT2D eigenvalue weighted by atomic mass is 16.5. The van der Waals surface area contributed by atoms with E-state index in [1.807, 2.05) is 37.3 Å². The molecule has 0 spiro atoms. The molecule has 0 aromatic heterocycles. The summed E-state index contributed by atoms with van der Waals surface area (Å²) in [5.74, 6) is 1.32. The molecule has 0 radical (unpaired) electrons. The third kappa shape index (κ3) is 4.53. The van der Waals surface area contributed by atoms with Crippen molar-refractivity contribution in [2.75, 3.05) is 11.9 Å². The largest absolute Gasteiger partial charge is 0.494 e. The minimum absolute atomic E-state index is 0.175. The Balaban J connectivity index is 1.62. The number of hydrogen-bond acceptors (Lipinski definition) is 3. The zero-order valence-electron chi connectivity index (χ0n) is 14.9. The number of anilines is 1. The molecule has 0 unspecified atom stereocenters. The Morgan fingerprint density at radius 2 is 1.88 bits per heavy atom. The van der Waals surface area contributed by atoms with Gasteiger partial charge in [0.15, 0.2) is 6.10 Å². The van der Waals surface area contributed by atoms with Crippen LogP contribution in [0.3, 0.4) is 0 Å². The van der Waals surface area contributed by atoms with Crippen LogP contribution in [0.5, 0.6) is 11.5 Å². The molecular weight excluding hydrogens is 314 g/mol. The highest BCUT2D eigenvalue weighted by Crippen LogP contribution is 2.26. The van der Waals surface area contributed by atoms with Crippen LogP contribution in [0.1, 0.15) is 37.8 Å². The normalized spacial score (nSPS) is 14.3. The Labute approximate surface area is 149 Å². The Morgan fingerprint density at radius 3 is 2.68 bits per heavy atom. The number of benzene rings is 2. The fourth-order valence-corrected chi connectivity index (χ4v) is 3.11. The topological polar surface area (TPSA) is 47.6 Å². The Kier molecular flexibility index (Phi) is 5.59. The first-order chi connectivity index (χ1) is 12.2. The maximum atomic E-state index is 12.4. The van der Waals surface area contributed by atoms with E-state index in [2.05, 4.69) is 17.4 Å². The minimum atomic E-state index is -0.572. The van der Waals surface area contributed by atoms with E-state index in [9.17, 15) is 4.79 Å². The van der Waals surface area contributed by atoms with Gasteiger partial charge in [-0.3, -0.25) is 4.79 Å². The van der Waals surface area contributed by atoms with Crippen LogP contribution in [-0.4, -0.2) is 18.6 Å². The molecule has 1 atom stereocenters. The molecular formula is C21H25NO3. The zero-order valence-corrected chi connectivity index (χ0v) is 14.9. The lowest BCUT2D eigenvalue weighted by atomic mass is 9.92. The molecule has 0 saturated carbocycles. The van der Waals surface area contributed by atoms with Gasteiger partial charge in [-0.05, 0) is 74.9 Å². The van der Waals surface area contributed by atoms with Gasteiger partial charge in [0.25, 0.3) is 5.91 Å². The van der Waals surface area contributed by atoms with Crippen molar-refractivity contribution in [3.8, 4) is 11.5 Å². The highest BCUT2D eigenvalue weighted by molar-refractivity contribution is 5.94. The number of nitrogens with one attached hydrogen (secondary N) is 1. The summed E-state index contributed by atoms with van der Waals surface area (Å²) in [4.78, 5) is 12.4. The van der Waals surface area contributed by atoms with E-state index in [0.717, 1.165) is 24.3 Å². The lowest BCUT2D eigenvalue weighted by molar-refractivity contribution is -0.122. The number of carbonyl (C=O) groups is 1. The third-order valence-corrected chi connectivity index (χ3v) is 4.41. The minimum Gasteiger partial charge on any atom is -0.494 e. The average molecular weight is 339 g/mol. The monoisotopic (exact) mass is 339 g/mol. The van der Waals surface area contributed by atoms with Crippen molar-refractivity contribution >= 4 is 11.6 Å². The second-order valence-electron chi connectivity index (χ2n) is 6.35. The molecule has 3 rings (SSSR count). The van der Waals surface area contributed by atoms with Gasteiger partial charge in [0.2, 0.25) is 0 Å². The number of carbonyl (C=O) groups excluding carboxylic acids is 1. The molecule has 0 fully saturated rings. The van der Waals surface area contributed by atoms with E-state index >= 15 is 0 Å². The summed E-state index contributed by atoms with van der Waals surface area (Å²) >= 11 is 0. The molecule has 2 aromatic carbocycles. The van der Waals surface area contributed by atoms with Crippen molar-refractivity contribution in [3.63, 3.8) is 0 Å². The van der Waals surface area contributed by atoms with Crippen LogP contribution >= 0.6 is 0 Å². The number of rotatable bonds is 6. The molecule has 1 aliphatic carbocycles. The fraction of sp³-hybridized carbons (Fsp3) is 0.381. The van der Waals surface area contributed by atoms with E-state index in [-0.39, 0.29) is 5.91 Å². The van der Waals surface area contributed by atoms with Crippen LogP contribution < -0.4 is 14.8 Å². The van der Waals surface area contributed by atoms with Crippen molar-refractivity contribution in [2.24, 2.45) is 0 Å². The molecule has 1 amide bonds. The highest BCUT2D eigenvalue weighted by Gasteiger charge is 2.17. The van der Waals surface area contributed by atoms with Gasteiger partial charge < -0.3 is 14.8 Å². The van der Waals surface area contributed by atoms with Gasteiger partial charge in [0, 0.05) is 11.8 Å². The van der Waals surface area contributed by atoms with Crippen LogP contribution in [0, 0.1) is 0 Å². The first-order valence-electron chi connectivity index (χ1n) is 8.98. The van der Waals surface area contributed by atoms with E-state index in [0.29, 0.717) is 12.3 Å². The van der Waals surface area contributed by atoms with Gasteiger partial charge in [-0.25, -0.2) is 0 Å². The lowest BCUT2D eigenvalue weighted by Gasteiger charge is -2.19. The summed E-state index contributed by atoms with van der Waals surface area (Å²) in [5.41, 5.74) is 3.46. The van der Waals surface area contributed by atoms with Crippen LogP contribution in [0.4, 0.5) is 5.69 Å². The second kappa shape index (κ2) is 8.06. The summed E-state index contributed by atoms with van der Waals surface area (Å²) in [6, 6.07) is 13.5. The number of ether oxygens (including phenoxy) is 2. The van der Waals surface area contributed by atoms with Gasteiger partial charge in [0.05, 0.1) is 6.61 Å². The van der Waals surface area contributed by atoms with Crippen molar-refractivity contribution in [1.29, 1.82) is 0 Å². The van der Waals surface area contributed by atoms with E-state index in [4.69, 9.17) is 9.47 Å². The maximum Gasteiger partial charge on any atom is 0.265 e. The Bertz CT molecular complexity index is 742. The number of hydrogen-bond donors (Lipinski definition) is 1. The van der Waals surface area contributed by atoms with Crippen molar-refractivity contribution in [3.05, 3.63) is 53.6 Å². The predicted octanol–water partition coefficient (Wildman–Crippen LogP) is 4.37. The molecule has 0 bridgehead atoms. The third-order valence-electron chi connectivity index (χ3n) is 4.41. The Hall–Kier alpha value is -2.49. The molecule has 1 N–H and O–H groups in total. The summed E-state index contributed by atoms with van der Waals surface area (Å²) in [6.07, 6.45) is 4.15. The SMILES string of the molecule is CCOc1cccc(NC(=O)[C@H](C)Oc2ccc3c(c2)CCCC3)c1. The zero-order chi connectivity index (χ0) is 17.6. The summed E-state index contributed by atoms with van der Waals surface area (Å²) < 4.78 is 11.3. The molecule has 4 heteroatoms. The number of aryl methyl sites for hydroxylation is 2. The predicted molar refractivity (Wildman–Crippen MR) is 99.4 cm³/mol. The van der Waals surface area contributed by atoms with E-state index < -0.39 is 6.10 Å². The van der Waals surface area contributed by atoms with Crippen molar-refractivity contribution < 1.29 is 14.3 Å². The first kappa shape index (κ1) is 17.3. The quantitative estimate of drug-likeness (QED) is 0.850. The molecule has 0 heterocycles. The fourth-order valence-electron chi connectivity index (χ4n) is 3.11. The molecule has 2 aromatic rings.